The van der Waals surface area contributed by atoms with Crippen LogP contribution in [0, 0.1) is 5.92 Å². The molecule has 36 heavy (non-hydrogen) atoms. The first-order valence-corrected chi connectivity index (χ1v) is 13.9. The topological polar surface area (TPSA) is 70.8 Å². The van der Waals surface area contributed by atoms with Gasteiger partial charge in [-0.1, -0.05) is 77.1 Å². The van der Waals surface area contributed by atoms with Crippen LogP contribution in [0.1, 0.15) is 51.5 Å². The lowest BCUT2D eigenvalue weighted by Gasteiger charge is -2.28. The van der Waals surface area contributed by atoms with Gasteiger partial charge in [-0.2, -0.15) is 4.31 Å². The summed E-state index contributed by atoms with van der Waals surface area (Å²) in [6.07, 6.45) is 2.24. The molecule has 0 N–H and O–H groups in total. The Labute approximate surface area is 216 Å². The highest BCUT2D eigenvalue weighted by atomic mass is 32.2. The van der Waals surface area contributed by atoms with Crippen molar-refractivity contribution in [2.24, 2.45) is 5.92 Å². The monoisotopic (exact) mass is 510 g/mol. The zero-order valence-corrected chi connectivity index (χ0v) is 22.8. The molecule has 3 rings (SSSR count). The van der Waals surface area contributed by atoms with Crippen molar-refractivity contribution in [3.8, 4) is 0 Å². The van der Waals surface area contributed by atoms with Gasteiger partial charge in [-0.15, -0.1) is 0 Å². The second kappa shape index (κ2) is 11.9. The molecular weight excluding hydrogens is 472 g/mol. The van der Waals surface area contributed by atoms with Crippen LogP contribution in [0.3, 0.4) is 0 Å². The van der Waals surface area contributed by atoms with Crippen LogP contribution in [0.5, 0.6) is 0 Å². The van der Waals surface area contributed by atoms with Gasteiger partial charge in [0.1, 0.15) is 5.76 Å². The van der Waals surface area contributed by atoms with Crippen LogP contribution in [-0.2, 0) is 33.2 Å². The lowest BCUT2D eigenvalue weighted by atomic mass is 9.87. The number of carbonyl (C=O) groups is 1. The maximum absolute atomic E-state index is 13.6. The third-order valence-electron chi connectivity index (χ3n) is 6.03. The quantitative estimate of drug-likeness (QED) is 0.342. The molecule has 2 aromatic carbocycles. The van der Waals surface area contributed by atoms with Crippen LogP contribution in [0.15, 0.2) is 82.3 Å². The van der Waals surface area contributed by atoms with Crippen molar-refractivity contribution in [3.63, 3.8) is 0 Å². The van der Waals surface area contributed by atoms with Crippen molar-refractivity contribution in [3.05, 3.63) is 89.9 Å². The Morgan fingerprint density at radius 2 is 1.61 bits per heavy atom. The van der Waals surface area contributed by atoms with E-state index in [1.165, 1.54) is 4.31 Å². The fraction of sp³-hybridized carbons (Fsp3) is 0.414. The van der Waals surface area contributed by atoms with Gasteiger partial charge < -0.3 is 9.32 Å². The van der Waals surface area contributed by atoms with Gasteiger partial charge in [0.15, 0.2) is 0 Å². The third-order valence-corrected chi connectivity index (χ3v) is 7.86. The van der Waals surface area contributed by atoms with Crippen molar-refractivity contribution in [1.82, 2.24) is 9.21 Å². The third kappa shape index (κ3) is 7.55. The average molecular weight is 511 g/mol. The molecule has 1 heterocycles. The molecule has 0 spiro atoms. The van der Waals surface area contributed by atoms with Crippen LogP contribution < -0.4 is 0 Å². The lowest BCUT2D eigenvalue weighted by Crippen LogP contribution is -2.44. The van der Waals surface area contributed by atoms with E-state index in [1.807, 2.05) is 62.4 Å². The standard InChI is InChI=1S/C29H38N2O4S/c1-23(2)20-31(36(33,34)27-15-13-25(14-16-27)29(3,4)5)22-28(32)30(21-26-12-9-19-35-26)18-17-24-10-7-6-8-11-24/h6-16,19,23H,17-18,20-22H2,1-5H3. The normalized spacial score (nSPS) is 12.3. The van der Waals surface area contributed by atoms with Crippen molar-refractivity contribution in [1.29, 1.82) is 0 Å². The minimum absolute atomic E-state index is 0.0595. The van der Waals surface area contributed by atoms with Crippen molar-refractivity contribution >= 4 is 15.9 Å². The predicted octanol–water partition coefficient (Wildman–Crippen LogP) is 5.50. The highest BCUT2D eigenvalue weighted by molar-refractivity contribution is 7.89. The van der Waals surface area contributed by atoms with Crippen molar-refractivity contribution in [2.45, 2.75) is 57.9 Å². The lowest BCUT2D eigenvalue weighted by molar-refractivity contribution is -0.132. The van der Waals surface area contributed by atoms with Crippen molar-refractivity contribution < 1.29 is 17.6 Å². The second-order valence-corrected chi connectivity index (χ2v) is 12.5. The van der Waals surface area contributed by atoms with Gasteiger partial charge >= 0.3 is 0 Å². The Bertz CT molecular complexity index is 1200. The number of hydrogen-bond acceptors (Lipinski definition) is 4. The van der Waals surface area contributed by atoms with E-state index in [1.54, 1.807) is 29.4 Å². The first-order chi connectivity index (χ1) is 17.0. The number of rotatable bonds is 11. The summed E-state index contributed by atoms with van der Waals surface area (Å²) < 4.78 is 34.0. The summed E-state index contributed by atoms with van der Waals surface area (Å²) in [6, 6.07) is 20.5. The number of carbonyl (C=O) groups excluding carboxylic acids is 1. The largest absolute Gasteiger partial charge is 0.467 e. The molecule has 0 aliphatic heterocycles. The van der Waals surface area contributed by atoms with E-state index >= 15 is 0 Å². The van der Waals surface area contributed by atoms with Gasteiger partial charge in [-0.25, -0.2) is 8.42 Å². The van der Waals surface area contributed by atoms with E-state index in [2.05, 4.69) is 20.8 Å². The van der Waals surface area contributed by atoms with E-state index in [-0.39, 0.29) is 41.8 Å². The second-order valence-electron chi connectivity index (χ2n) is 10.6. The van der Waals surface area contributed by atoms with Gasteiger partial charge in [0, 0.05) is 13.1 Å². The van der Waals surface area contributed by atoms with Crippen LogP contribution in [0.4, 0.5) is 0 Å². The summed E-state index contributed by atoms with van der Waals surface area (Å²) in [5.74, 6) is 0.467. The smallest absolute Gasteiger partial charge is 0.243 e. The molecule has 0 fully saturated rings. The van der Waals surface area contributed by atoms with Gasteiger partial charge in [-0.05, 0) is 53.1 Å². The zero-order valence-electron chi connectivity index (χ0n) is 22.0. The first-order valence-electron chi connectivity index (χ1n) is 12.4. The minimum atomic E-state index is -3.85. The molecule has 0 radical (unpaired) electrons. The zero-order chi connectivity index (χ0) is 26.3. The Hall–Kier alpha value is -2.90. The van der Waals surface area contributed by atoms with Gasteiger partial charge in [0.2, 0.25) is 15.9 Å². The highest BCUT2D eigenvalue weighted by Gasteiger charge is 2.30. The van der Waals surface area contributed by atoms with E-state index in [0.717, 1.165) is 11.1 Å². The van der Waals surface area contributed by atoms with E-state index in [9.17, 15) is 13.2 Å². The van der Waals surface area contributed by atoms with Crippen LogP contribution in [0.2, 0.25) is 0 Å². The fourth-order valence-corrected chi connectivity index (χ4v) is 5.53. The van der Waals surface area contributed by atoms with Gasteiger partial charge in [0.05, 0.1) is 24.2 Å². The molecular formula is C29H38N2O4S. The van der Waals surface area contributed by atoms with E-state index < -0.39 is 10.0 Å². The molecule has 0 bridgehead atoms. The number of hydrogen-bond donors (Lipinski definition) is 0. The molecule has 0 atom stereocenters. The Balaban J connectivity index is 1.83. The number of sulfonamides is 1. The Morgan fingerprint density at radius 3 is 2.17 bits per heavy atom. The summed E-state index contributed by atoms with van der Waals surface area (Å²) in [7, 11) is -3.85. The van der Waals surface area contributed by atoms with Crippen LogP contribution in [-0.4, -0.2) is 43.2 Å². The number of nitrogens with zero attached hydrogens (tertiary/aromatic N) is 2. The summed E-state index contributed by atoms with van der Waals surface area (Å²) in [4.78, 5) is 15.4. The van der Waals surface area contributed by atoms with Gasteiger partial charge in [0.25, 0.3) is 0 Å². The van der Waals surface area contributed by atoms with Crippen LogP contribution >= 0.6 is 0 Å². The molecule has 0 saturated heterocycles. The first kappa shape index (κ1) is 27.7. The molecule has 194 valence electrons. The SMILES string of the molecule is CC(C)CN(CC(=O)N(CCc1ccccc1)Cc1ccco1)S(=O)(=O)c1ccc(C(C)(C)C)cc1. The molecule has 0 aliphatic carbocycles. The summed E-state index contributed by atoms with van der Waals surface area (Å²) in [5, 5.41) is 0. The number of benzene rings is 2. The summed E-state index contributed by atoms with van der Waals surface area (Å²) in [5.41, 5.74) is 2.08. The summed E-state index contributed by atoms with van der Waals surface area (Å²) >= 11 is 0. The molecule has 7 heteroatoms. The molecule has 3 aromatic rings. The maximum Gasteiger partial charge on any atom is 0.243 e. The average Bonchev–Trinajstić information content (AvgIpc) is 3.34. The molecule has 6 nitrogen and oxygen atoms in total. The summed E-state index contributed by atoms with van der Waals surface area (Å²) in [6.45, 7) is 10.9. The number of furan rings is 1. The van der Waals surface area contributed by atoms with E-state index in [0.29, 0.717) is 18.7 Å². The Morgan fingerprint density at radius 1 is 0.944 bits per heavy atom. The fourth-order valence-electron chi connectivity index (χ4n) is 3.97. The molecule has 0 unspecified atom stereocenters. The molecule has 0 aliphatic rings. The predicted molar refractivity (Wildman–Crippen MR) is 143 cm³/mol. The molecule has 1 aromatic heterocycles. The van der Waals surface area contributed by atoms with Gasteiger partial charge in [-0.3, -0.25) is 4.79 Å². The maximum atomic E-state index is 13.6. The highest BCUT2D eigenvalue weighted by Crippen LogP contribution is 2.25. The molecule has 1 amide bonds. The van der Waals surface area contributed by atoms with Crippen LogP contribution in [0.25, 0.3) is 0 Å². The minimum Gasteiger partial charge on any atom is -0.467 e. The van der Waals surface area contributed by atoms with E-state index in [4.69, 9.17) is 4.42 Å². The molecule has 0 saturated carbocycles. The van der Waals surface area contributed by atoms with Crippen molar-refractivity contribution in [2.75, 3.05) is 19.6 Å². The number of amides is 1. The Kier molecular flexibility index (Phi) is 9.14.